The molecule has 0 spiro atoms. The summed E-state index contributed by atoms with van der Waals surface area (Å²) in [6.45, 7) is 3.11. The van der Waals surface area contributed by atoms with Crippen molar-refractivity contribution in [1.29, 1.82) is 0 Å². The lowest BCUT2D eigenvalue weighted by molar-refractivity contribution is -0.281. The summed E-state index contributed by atoms with van der Waals surface area (Å²) in [6, 6.07) is 0. The maximum atomic E-state index is 11.3. The number of carbonyl (C=O) groups excluding carboxylic acids is 3. The molecule has 0 aromatic rings. The van der Waals surface area contributed by atoms with Gasteiger partial charge in [-0.2, -0.15) is 0 Å². The molecule has 0 aliphatic carbocycles. The normalized spacial score (nSPS) is 27.8. The Morgan fingerprint density at radius 2 is 1.55 bits per heavy atom. The molecule has 0 aromatic carbocycles. The van der Waals surface area contributed by atoms with Crippen LogP contribution in [-0.4, -0.2) is 67.4 Å². The van der Waals surface area contributed by atoms with Crippen LogP contribution in [0.3, 0.4) is 0 Å². The first-order valence-electron chi connectivity index (χ1n) is 6.71. The maximum absolute atomic E-state index is 11.3. The van der Waals surface area contributed by atoms with E-state index in [1.165, 1.54) is 20.8 Å². The number of hydrogen-bond donors (Lipinski definition) is 1. The summed E-state index contributed by atoms with van der Waals surface area (Å²) >= 11 is 0. The summed E-state index contributed by atoms with van der Waals surface area (Å²) in [5.74, 6) is -1.88. The molecule has 1 heterocycles. The minimum absolute atomic E-state index is 0.0620. The Labute approximate surface area is 127 Å². The van der Waals surface area contributed by atoms with Crippen molar-refractivity contribution in [3.63, 3.8) is 0 Å². The van der Waals surface area contributed by atoms with Crippen LogP contribution in [-0.2, 0) is 38.1 Å². The molecule has 0 amide bonds. The first-order valence-corrected chi connectivity index (χ1v) is 6.71. The van der Waals surface area contributed by atoms with Gasteiger partial charge in [0.05, 0.1) is 19.8 Å². The maximum Gasteiger partial charge on any atom is 0.303 e. The van der Waals surface area contributed by atoms with Crippen LogP contribution in [0.25, 0.3) is 0 Å². The molecule has 0 aromatic heterocycles. The lowest BCUT2D eigenvalue weighted by atomic mass is 10.0. The van der Waals surface area contributed by atoms with E-state index in [1.54, 1.807) is 0 Å². The molecule has 22 heavy (non-hydrogen) atoms. The quantitative estimate of drug-likeness (QED) is 0.493. The van der Waals surface area contributed by atoms with Crippen LogP contribution in [0.15, 0.2) is 0 Å². The molecule has 9 nitrogen and oxygen atoms in total. The highest BCUT2D eigenvalue weighted by molar-refractivity contribution is 5.68. The van der Waals surface area contributed by atoms with Crippen molar-refractivity contribution in [2.45, 2.75) is 45.4 Å². The van der Waals surface area contributed by atoms with Gasteiger partial charge in [0, 0.05) is 20.8 Å². The van der Waals surface area contributed by atoms with E-state index in [1.807, 2.05) is 0 Å². The zero-order valence-electron chi connectivity index (χ0n) is 12.6. The molecule has 1 aliphatic heterocycles. The van der Waals surface area contributed by atoms with Crippen LogP contribution in [0.4, 0.5) is 0 Å². The molecule has 1 rings (SSSR count). The predicted molar refractivity (Wildman–Crippen MR) is 69.4 cm³/mol. The van der Waals surface area contributed by atoms with Crippen molar-refractivity contribution in [3.8, 4) is 0 Å². The minimum Gasteiger partial charge on any atom is -0.456 e. The second-order valence-electron chi connectivity index (χ2n) is 4.59. The number of aliphatic hydroxyl groups is 1. The number of aliphatic hydroxyl groups excluding tert-OH is 1. The average Bonchev–Trinajstić information content (AvgIpc) is 2.40. The molecular formula is C13H20O9. The Balaban J connectivity index is 2.95. The first-order chi connectivity index (χ1) is 10.3. The van der Waals surface area contributed by atoms with Gasteiger partial charge in [0.15, 0.2) is 24.6 Å². The van der Waals surface area contributed by atoms with Crippen molar-refractivity contribution in [2.75, 3.05) is 19.8 Å². The van der Waals surface area contributed by atoms with Gasteiger partial charge in [-0.05, 0) is 0 Å². The van der Waals surface area contributed by atoms with Crippen LogP contribution in [0.5, 0.6) is 0 Å². The van der Waals surface area contributed by atoms with Crippen molar-refractivity contribution in [1.82, 2.24) is 0 Å². The molecule has 1 aliphatic rings. The van der Waals surface area contributed by atoms with Crippen molar-refractivity contribution >= 4 is 17.9 Å². The lowest BCUT2D eigenvalue weighted by Gasteiger charge is -2.40. The predicted octanol–water partition coefficient (Wildman–Crippen LogP) is -0.853. The first kappa shape index (κ1) is 18.3. The Kier molecular flexibility index (Phi) is 7.22. The SMILES string of the molecule is CC(=O)O[C@@H]1[C@@H](OC(C)=O)[C@H](OCCO)OC[C@@H]1OC(C)=O. The van der Waals surface area contributed by atoms with Gasteiger partial charge in [0.2, 0.25) is 0 Å². The molecule has 126 valence electrons. The molecule has 1 N–H and O–H groups in total. The number of esters is 3. The molecule has 0 radical (unpaired) electrons. The summed E-state index contributed by atoms with van der Waals surface area (Å²) < 4.78 is 25.8. The fourth-order valence-electron chi connectivity index (χ4n) is 2.02. The molecule has 1 fully saturated rings. The molecule has 0 unspecified atom stereocenters. The third kappa shape index (κ3) is 5.58. The summed E-state index contributed by atoms with van der Waals surface area (Å²) in [5, 5.41) is 8.80. The summed E-state index contributed by atoms with van der Waals surface area (Å²) in [7, 11) is 0. The summed E-state index contributed by atoms with van der Waals surface area (Å²) in [4.78, 5) is 33.7. The van der Waals surface area contributed by atoms with E-state index in [-0.39, 0.29) is 19.8 Å². The number of carbonyl (C=O) groups is 3. The highest BCUT2D eigenvalue weighted by atomic mass is 16.7. The van der Waals surface area contributed by atoms with E-state index >= 15 is 0 Å². The van der Waals surface area contributed by atoms with E-state index in [0.717, 1.165) is 0 Å². The van der Waals surface area contributed by atoms with Crippen LogP contribution in [0.2, 0.25) is 0 Å². The van der Waals surface area contributed by atoms with E-state index in [0.29, 0.717) is 0 Å². The van der Waals surface area contributed by atoms with Gasteiger partial charge < -0.3 is 28.8 Å². The van der Waals surface area contributed by atoms with E-state index < -0.39 is 42.5 Å². The fraction of sp³-hybridized carbons (Fsp3) is 0.769. The van der Waals surface area contributed by atoms with E-state index in [2.05, 4.69) is 0 Å². The Morgan fingerprint density at radius 3 is 2.05 bits per heavy atom. The van der Waals surface area contributed by atoms with Gasteiger partial charge in [-0.1, -0.05) is 0 Å². The second-order valence-corrected chi connectivity index (χ2v) is 4.59. The van der Waals surface area contributed by atoms with Gasteiger partial charge in [0.1, 0.15) is 0 Å². The molecule has 0 bridgehead atoms. The third-order valence-electron chi connectivity index (χ3n) is 2.68. The zero-order chi connectivity index (χ0) is 16.7. The number of ether oxygens (including phenoxy) is 5. The van der Waals surface area contributed by atoms with Crippen molar-refractivity contribution in [3.05, 3.63) is 0 Å². The second kappa shape index (κ2) is 8.66. The van der Waals surface area contributed by atoms with Crippen LogP contribution in [0, 0.1) is 0 Å². The van der Waals surface area contributed by atoms with Gasteiger partial charge in [0.25, 0.3) is 0 Å². The van der Waals surface area contributed by atoms with Gasteiger partial charge in [-0.3, -0.25) is 14.4 Å². The summed E-state index contributed by atoms with van der Waals surface area (Å²) in [5.41, 5.74) is 0. The Hall–Kier alpha value is -1.71. The standard InChI is InChI=1S/C13H20O9/c1-7(15)20-10-6-19-13(18-5-4-14)12(22-9(3)17)11(10)21-8(2)16/h10-14H,4-6H2,1-3H3/t10-,11-,12+,13+/m0/s1. The van der Waals surface area contributed by atoms with Crippen LogP contribution >= 0.6 is 0 Å². The van der Waals surface area contributed by atoms with E-state index in [4.69, 9.17) is 28.8 Å². The highest BCUT2D eigenvalue weighted by Crippen LogP contribution is 2.25. The monoisotopic (exact) mass is 320 g/mol. The number of rotatable bonds is 6. The third-order valence-corrected chi connectivity index (χ3v) is 2.68. The summed E-state index contributed by atoms with van der Waals surface area (Å²) in [6.07, 6.45) is -4.17. The Bertz CT molecular complexity index is 408. The lowest BCUT2D eigenvalue weighted by Crippen LogP contribution is -2.58. The molecule has 9 heteroatoms. The molecular weight excluding hydrogens is 300 g/mol. The largest absolute Gasteiger partial charge is 0.456 e. The minimum atomic E-state index is -1.12. The van der Waals surface area contributed by atoms with Crippen LogP contribution < -0.4 is 0 Å². The molecule has 4 atom stereocenters. The van der Waals surface area contributed by atoms with Crippen LogP contribution in [0.1, 0.15) is 20.8 Å². The van der Waals surface area contributed by atoms with Gasteiger partial charge in [-0.25, -0.2) is 0 Å². The van der Waals surface area contributed by atoms with Crippen molar-refractivity contribution in [2.24, 2.45) is 0 Å². The average molecular weight is 320 g/mol. The molecule has 1 saturated heterocycles. The molecule has 0 saturated carbocycles. The van der Waals surface area contributed by atoms with Gasteiger partial charge in [-0.15, -0.1) is 0 Å². The number of hydrogen-bond acceptors (Lipinski definition) is 9. The Morgan fingerprint density at radius 1 is 1.00 bits per heavy atom. The highest BCUT2D eigenvalue weighted by Gasteiger charge is 2.47. The van der Waals surface area contributed by atoms with E-state index in [9.17, 15) is 14.4 Å². The van der Waals surface area contributed by atoms with Gasteiger partial charge >= 0.3 is 17.9 Å². The fourth-order valence-corrected chi connectivity index (χ4v) is 2.02. The van der Waals surface area contributed by atoms with Crippen molar-refractivity contribution < 1.29 is 43.2 Å². The zero-order valence-corrected chi connectivity index (χ0v) is 12.6. The smallest absolute Gasteiger partial charge is 0.303 e. The topological polar surface area (TPSA) is 118 Å².